The molecule has 1 saturated heterocycles. The highest BCUT2D eigenvalue weighted by Crippen LogP contribution is 2.92. The normalized spacial score (nSPS) is 36.4. The fraction of sp³-hybridized carbons (Fsp3) is 0.611. The Hall–Kier alpha value is -3.61. The van der Waals surface area contributed by atoms with Gasteiger partial charge in [0.25, 0.3) is 0 Å². The van der Waals surface area contributed by atoms with Gasteiger partial charge >= 0.3 is 12.1 Å². The maximum absolute atomic E-state index is 14.1. The zero-order chi connectivity index (χ0) is 36.2. The van der Waals surface area contributed by atoms with Gasteiger partial charge in [0.15, 0.2) is 5.72 Å². The minimum absolute atomic E-state index is 0.0483. The molecule has 2 aliphatic carbocycles. The number of benzene rings is 1. The van der Waals surface area contributed by atoms with E-state index in [2.05, 4.69) is 5.32 Å². The van der Waals surface area contributed by atoms with Crippen molar-refractivity contribution in [1.82, 2.24) is 10.2 Å². The molecule has 49 heavy (non-hydrogen) atoms. The monoisotopic (exact) mass is 701 g/mol. The molecule has 268 valence electrons. The van der Waals surface area contributed by atoms with Gasteiger partial charge in [-0.05, 0) is 61.6 Å². The summed E-state index contributed by atoms with van der Waals surface area (Å²) < 4.78 is 23.2. The van der Waals surface area contributed by atoms with Crippen molar-refractivity contribution in [1.29, 1.82) is 0 Å². The van der Waals surface area contributed by atoms with Crippen LogP contribution in [0.5, 0.6) is 5.75 Å². The van der Waals surface area contributed by atoms with E-state index in [4.69, 9.17) is 30.5 Å². The summed E-state index contributed by atoms with van der Waals surface area (Å²) in [6, 6.07) is 2.76. The number of nitrogens with one attached hydrogen (secondary N) is 1. The molecule has 0 radical (unpaired) electrons. The van der Waals surface area contributed by atoms with Crippen LogP contribution < -0.4 is 15.0 Å². The Morgan fingerprint density at radius 3 is 2.53 bits per heavy atom. The highest BCUT2D eigenvalue weighted by molar-refractivity contribution is 6.35. The second-order valence-corrected chi connectivity index (χ2v) is 14.7. The van der Waals surface area contributed by atoms with Gasteiger partial charge in [0.1, 0.15) is 35.1 Å². The molecule has 2 heterocycles. The van der Waals surface area contributed by atoms with Crippen LogP contribution in [-0.4, -0.2) is 92.3 Å². The number of hydrogen-bond acceptors (Lipinski definition) is 9. The Morgan fingerprint density at radius 2 is 1.92 bits per heavy atom. The molecular formula is C36H48ClN3O9. The number of fused-ring (bicyclic) bond motifs is 5. The molecule has 2 saturated carbocycles. The molecule has 2 unspecified atom stereocenters. The van der Waals surface area contributed by atoms with Crippen molar-refractivity contribution in [2.75, 3.05) is 33.2 Å². The Labute approximate surface area is 292 Å². The first kappa shape index (κ1) is 36.7. The first-order valence-corrected chi connectivity index (χ1v) is 17.0. The summed E-state index contributed by atoms with van der Waals surface area (Å²) >= 11 is 6.76. The van der Waals surface area contributed by atoms with Gasteiger partial charge in [0.2, 0.25) is 11.8 Å². The molecule has 1 aromatic carbocycles. The van der Waals surface area contributed by atoms with Crippen LogP contribution in [0.15, 0.2) is 35.9 Å². The van der Waals surface area contributed by atoms with E-state index in [1.165, 1.54) is 38.0 Å². The van der Waals surface area contributed by atoms with E-state index >= 15 is 0 Å². The minimum atomic E-state index is -1.76. The summed E-state index contributed by atoms with van der Waals surface area (Å²) in [5.41, 5.74) is -0.615. The van der Waals surface area contributed by atoms with Crippen LogP contribution >= 0.6 is 11.6 Å². The van der Waals surface area contributed by atoms with Crippen LogP contribution in [0.2, 0.25) is 5.02 Å². The summed E-state index contributed by atoms with van der Waals surface area (Å²) in [5.74, 6) is -1.07. The summed E-state index contributed by atoms with van der Waals surface area (Å²) in [4.78, 5) is 55.4. The Bertz CT molecular complexity index is 1600. The van der Waals surface area contributed by atoms with E-state index in [9.17, 15) is 24.3 Å². The van der Waals surface area contributed by atoms with Crippen molar-refractivity contribution < 1.29 is 43.2 Å². The number of nitrogens with zero attached hydrogens (tertiary/aromatic N) is 2. The molecule has 2 aliphatic heterocycles. The van der Waals surface area contributed by atoms with Gasteiger partial charge in [-0.3, -0.25) is 14.9 Å². The third-order valence-electron chi connectivity index (χ3n) is 11.7. The standard InChI is InChI=1S/C36H48ClN3O9/c1-19-11-10-12-28(47-9)36(45)17-26(48-33(44)38-36)20(2)35-18-27(35)34(35,5)29(49-32(43)21(3)39(6)22(4)41)16-30(42)40(7)24-14-23(13-19)15-25(46-8)31(24)37/h10-12,14-15,20-21,26-29,45H,13,16-18H2,1-9H3,(H,38,44)/b12-10+,19-11+/t20-,21+,26+,27?,28-,29+,34+,35?,36+/m1/s1. The van der Waals surface area contributed by atoms with Gasteiger partial charge in [-0.15, -0.1) is 0 Å². The van der Waals surface area contributed by atoms with E-state index in [0.717, 1.165) is 17.6 Å². The predicted molar refractivity (Wildman–Crippen MR) is 182 cm³/mol. The summed E-state index contributed by atoms with van der Waals surface area (Å²) in [6.07, 6.45) is 3.28. The number of anilines is 1. The van der Waals surface area contributed by atoms with Gasteiger partial charge in [-0.1, -0.05) is 49.2 Å². The van der Waals surface area contributed by atoms with E-state index in [-0.39, 0.29) is 41.5 Å². The number of aliphatic hydroxyl groups is 1. The summed E-state index contributed by atoms with van der Waals surface area (Å²) in [7, 11) is 6.12. The predicted octanol–water partition coefficient (Wildman–Crippen LogP) is 4.40. The van der Waals surface area contributed by atoms with Gasteiger partial charge < -0.3 is 33.9 Å². The molecule has 12 nitrogen and oxygen atoms in total. The van der Waals surface area contributed by atoms with E-state index in [1.807, 2.05) is 39.0 Å². The average molecular weight is 702 g/mol. The second-order valence-electron chi connectivity index (χ2n) is 14.3. The molecular weight excluding hydrogens is 654 g/mol. The highest BCUT2D eigenvalue weighted by Gasteiger charge is 2.91. The highest BCUT2D eigenvalue weighted by atomic mass is 35.5. The molecule has 13 heteroatoms. The van der Waals surface area contributed by atoms with Crippen molar-refractivity contribution in [3.8, 4) is 5.75 Å². The third-order valence-corrected chi connectivity index (χ3v) is 12.1. The third kappa shape index (κ3) is 6.31. The number of rotatable bonds is 5. The molecule has 4 bridgehead atoms. The van der Waals surface area contributed by atoms with E-state index in [0.29, 0.717) is 17.9 Å². The van der Waals surface area contributed by atoms with Crippen LogP contribution in [0.4, 0.5) is 10.5 Å². The summed E-state index contributed by atoms with van der Waals surface area (Å²) in [5, 5.41) is 14.6. The van der Waals surface area contributed by atoms with Crippen molar-refractivity contribution >= 4 is 41.2 Å². The number of ether oxygens (including phenoxy) is 4. The molecule has 0 aromatic heterocycles. The molecule has 1 aromatic rings. The number of alkyl carbamates (subject to hydrolysis) is 1. The lowest BCUT2D eigenvalue weighted by molar-refractivity contribution is -0.165. The van der Waals surface area contributed by atoms with E-state index < -0.39 is 53.0 Å². The molecule has 1 spiro atoms. The van der Waals surface area contributed by atoms with Gasteiger partial charge in [0.05, 0.1) is 19.2 Å². The first-order chi connectivity index (χ1) is 22.9. The topological polar surface area (TPSA) is 144 Å². The van der Waals surface area contributed by atoms with Crippen LogP contribution in [0.3, 0.4) is 0 Å². The molecule has 5 rings (SSSR count). The number of allylic oxidation sites excluding steroid dienone is 3. The second kappa shape index (κ2) is 13.3. The largest absolute Gasteiger partial charge is 0.495 e. The fourth-order valence-corrected chi connectivity index (χ4v) is 8.54. The van der Waals surface area contributed by atoms with Crippen molar-refractivity contribution in [2.45, 2.75) is 90.4 Å². The number of amides is 3. The maximum Gasteiger partial charge on any atom is 0.409 e. The lowest BCUT2D eigenvalue weighted by atomic mass is 9.74. The van der Waals surface area contributed by atoms with Crippen LogP contribution in [0.1, 0.15) is 59.4 Å². The van der Waals surface area contributed by atoms with Gasteiger partial charge in [0, 0.05) is 40.0 Å². The zero-order valence-electron chi connectivity index (χ0n) is 29.7. The number of methoxy groups -OCH3 is 2. The first-order valence-electron chi connectivity index (χ1n) is 16.6. The molecule has 4 aliphatic rings. The Balaban J connectivity index is 1.59. The van der Waals surface area contributed by atoms with Gasteiger partial charge in [-0.2, -0.15) is 0 Å². The van der Waals surface area contributed by atoms with Crippen molar-refractivity contribution in [3.05, 3.63) is 46.5 Å². The molecule has 3 amide bonds. The number of carbonyl (C=O) groups is 4. The smallest absolute Gasteiger partial charge is 0.409 e. The minimum Gasteiger partial charge on any atom is -0.495 e. The number of hydrogen-bond donors (Lipinski definition) is 2. The lowest BCUT2D eigenvalue weighted by Gasteiger charge is -2.44. The van der Waals surface area contributed by atoms with Crippen LogP contribution in [-0.2, 0) is 35.0 Å². The average Bonchev–Trinajstić information content (AvgIpc) is 3.94. The number of carbonyl (C=O) groups excluding carboxylic acids is 4. The lowest BCUT2D eigenvalue weighted by Crippen LogP contribution is -2.63. The number of esters is 1. The van der Waals surface area contributed by atoms with Crippen LogP contribution in [0, 0.1) is 22.7 Å². The zero-order valence-corrected chi connectivity index (χ0v) is 30.4. The summed E-state index contributed by atoms with van der Waals surface area (Å²) in [6.45, 7) is 8.85. The van der Waals surface area contributed by atoms with Gasteiger partial charge in [-0.25, -0.2) is 9.59 Å². The molecule has 9 atom stereocenters. The van der Waals surface area contributed by atoms with E-state index in [1.54, 1.807) is 26.1 Å². The van der Waals surface area contributed by atoms with Crippen LogP contribution in [0.25, 0.3) is 0 Å². The fourth-order valence-electron chi connectivity index (χ4n) is 8.23. The Morgan fingerprint density at radius 1 is 1.22 bits per heavy atom. The van der Waals surface area contributed by atoms with Crippen molar-refractivity contribution in [3.63, 3.8) is 0 Å². The van der Waals surface area contributed by atoms with Crippen molar-refractivity contribution in [2.24, 2.45) is 22.7 Å². The maximum atomic E-state index is 14.1. The quantitative estimate of drug-likeness (QED) is 0.427. The SMILES string of the molecule is COc1cc2cc(c1Cl)N(C)C(=O)C[C@H](OC(=O)[C@H](C)N(C)C(C)=O)[C@]1(C)C3CC31[C@H](C)[C@@H]1C[C@@](O)(NC(=O)O1)[C@H](OC)/C=C/C=C(\C)C2. The molecule has 3 fully saturated rings. The number of likely N-dealkylation sites (N-methyl/N-ethyl adjacent to an activating group) is 1. The Kier molecular flexibility index (Phi) is 9.92. The molecule has 2 N–H and O–H groups in total. The number of halogens is 1.